The van der Waals surface area contributed by atoms with Crippen LogP contribution < -0.4 is 0 Å². The van der Waals surface area contributed by atoms with Crippen LogP contribution in [0.5, 0.6) is 0 Å². The molecule has 58 heavy (non-hydrogen) atoms. The SMILES string of the molecule is Cc1ccccc1-c1cc2c(-c3nc(C(C)(C)C)cc(C(C)(C)C)n3)ccc3c(-c4ccccc4C)cc4c(-c5nc(C(C)(C)C)cc(C(C)(C)C)n5)ccc1c4c23. The Hall–Kier alpha value is -5.48. The van der Waals surface area contributed by atoms with Crippen molar-refractivity contribution in [1.82, 2.24) is 19.9 Å². The minimum absolute atomic E-state index is 0.159. The third-order valence-electron chi connectivity index (χ3n) is 11.8. The molecule has 0 N–H and O–H groups in total. The number of nitrogens with zero attached hydrogens (tertiary/aromatic N) is 4. The summed E-state index contributed by atoms with van der Waals surface area (Å²) in [6, 6.07) is 35.9. The fourth-order valence-electron chi connectivity index (χ4n) is 8.23. The van der Waals surface area contributed by atoms with Crippen molar-refractivity contribution in [1.29, 1.82) is 0 Å². The molecule has 0 aliphatic rings. The maximum absolute atomic E-state index is 5.38. The molecular weight excluding hydrogens is 705 g/mol. The lowest BCUT2D eigenvalue weighted by Crippen LogP contribution is -2.20. The van der Waals surface area contributed by atoms with Crippen LogP contribution in [0.1, 0.15) is 117 Å². The van der Waals surface area contributed by atoms with Gasteiger partial charge in [-0.2, -0.15) is 0 Å². The number of aryl methyl sites for hydroxylation is 2. The summed E-state index contributed by atoms with van der Waals surface area (Å²) < 4.78 is 0. The number of hydrogen-bond acceptors (Lipinski definition) is 4. The molecule has 294 valence electrons. The molecule has 8 aromatic rings. The topological polar surface area (TPSA) is 51.6 Å². The molecule has 0 aliphatic heterocycles. The van der Waals surface area contributed by atoms with Gasteiger partial charge >= 0.3 is 0 Å². The van der Waals surface area contributed by atoms with E-state index in [0.29, 0.717) is 0 Å². The molecule has 0 spiro atoms. The highest BCUT2D eigenvalue weighted by molar-refractivity contribution is 6.32. The van der Waals surface area contributed by atoms with Crippen molar-refractivity contribution in [3.8, 4) is 45.0 Å². The van der Waals surface area contributed by atoms with Crippen LogP contribution >= 0.6 is 0 Å². The van der Waals surface area contributed by atoms with E-state index in [1.807, 2.05) is 0 Å². The highest BCUT2D eigenvalue weighted by Gasteiger charge is 2.28. The van der Waals surface area contributed by atoms with E-state index in [2.05, 4.69) is 194 Å². The molecular formula is C54H58N4. The first-order chi connectivity index (χ1) is 27.1. The average Bonchev–Trinajstić information content (AvgIpc) is 3.15. The molecule has 0 fully saturated rings. The summed E-state index contributed by atoms with van der Waals surface area (Å²) in [6.45, 7) is 31.3. The quantitative estimate of drug-likeness (QED) is 0.168. The smallest absolute Gasteiger partial charge is 0.160 e. The van der Waals surface area contributed by atoms with Crippen molar-refractivity contribution >= 4 is 32.3 Å². The lowest BCUT2D eigenvalue weighted by atomic mass is 9.81. The molecule has 0 unspecified atom stereocenters. The summed E-state index contributed by atoms with van der Waals surface area (Å²) in [5.41, 5.74) is 12.9. The van der Waals surface area contributed by atoms with Crippen LogP contribution in [0.2, 0.25) is 0 Å². The van der Waals surface area contributed by atoms with Gasteiger partial charge in [0.25, 0.3) is 0 Å². The molecule has 6 aromatic carbocycles. The van der Waals surface area contributed by atoms with Crippen LogP contribution in [0, 0.1) is 13.8 Å². The second-order valence-corrected chi connectivity index (χ2v) is 20.6. The van der Waals surface area contributed by atoms with Gasteiger partial charge < -0.3 is 0 Å². The minimum atomic E-state index is -0.159. The van der Waals surface area contributed by atoms with E-state index in [0.717, 1.165) is 56.3 Å². The van der Waals surface area contributed by atoms with Crippen molar-refractivity contribution in [3.63, 3.8) is 0 Å². The van der Waals surface area contributed by atoms with Gasteiger partial charge in [-0.15, -0.1) is 0 Å². The summed E-state index contributed by atoms with van der Waals surface area (Å²) in [6.07, 6.45) is 0. The summed E-state index contributed by atoms with van der Waals surface area (Å²) in [5, 5.41) is 7.14. The third kappa shape index (κ3) is 6.85. The molecule has 0 bridgehead atoms. The van der Waals surface area contributed by atoms with Crippen molar-refractivity contribution < 1.29 is 0 Å². The highest BCUT2D eigenvalue weighted by atomic mass is 14.9. The Kier molecular flexibility index (Phi) is 9.19. The zero-order valence-electron chi connectivity index (χ0n) is 37.0. The Morgan fingerprint density at radius 2 is 0.621 bits per heavy atom. The average molecular weight is 763 g/mol. The predicted molar refractivity (Wildman–Crippen MR) is 247 cm³/mol. The molecule has 0 saturated carbocycles. The van der Waals surface area contributed by atoms with Crippen LogP contribution in [-0.2, 0) is 21.7 Å². The molecule has 0 radical (unpaired) electrons. The zero-order valence-corrected chi connectivity index (χ0v) is 37.0. The second-order valence-electron chi connectivity index (χ2n) is 20.6. The van der Waals surface area contributed by atoms with Crippen molar-refractivity contribution in [2.24, 2.45) is 0 Å². The van der Waals surface area contributed by atoms with Gasteiger partial charge in [0.05, 0.1) is 22.8 Å². The minimum Gasteiger partial charge on any atom is -0.232 e. The van der Waals surface area contributed by atoms with E-state index in [4.69, 9.17) is 19.9 Å². The zero-order chi connectivity index (χ0) is 41.7. The maximum Gasteiger partial charge on any atom is 0.160 e. The van der Waals surface area contributed by atoms with E-state index >= 15 is 0 Å². The van der Waals surface area contributed by atoms with Gasteiger partial charge in [-0.05, 0) is 116 Å². The molecule has 0 amide bonds. The van der Waals surface area contributed by atoms with Crippen LogP contribution in [0.25, 0.3) is 77.3 Å². The fourth-order valence-corrected chi connectivity index (χ4v) is 8.23. The molecule has 0 atom stereocenters. The largest absolute Gasteiger partial charge is 0.232 e. The van der Waals surface area contributed by atoms with Crippen molar-refractivity contribution in [2.45, 2.75) is 119 Å². The Bertz CT molecular complexity index is 2620. The molecule has 0 aliphatic carbocycles. The number of hydrogen-bond donors (Lipinski definition) is 0. The van der Waals surface area contributed by atoms with Crippen molar-refractivity contribution in [3.05, 3.63) is 131 Å². The standard InChI is InChI=1S/C54H58N4/c1-31-19-15-17-21-33(31)39-27-41-37(49-55-43(51(3,4)5)29-44(56-49)52(6,7)8)26-24-36-40(34-22-18-16-20-32(34)2)28-42-38(25-23-35(39)47(42)48(36)41)50-57-45(53(9,10)11)30-46(58-50)54(12,13)14/h15-30H,1-14H3. The van der Waals surface area contributed by atoms with Gasteiger partial charge in [0, 0.05) is 32.8 Å². The third-order valence-corrected chi connectivity index (χ3v) is 11.8. The molecule has 2 aromatic heterocycles. The number of benzene rings is 6. The Labute approximate surface area is 345 Å². The van der Waals surface area contributed by atoms with Crippen LogP contribution in [-0.4, -0.2) is 19.9 Å². The Morgan fingerprint density at radius 3 is 0.914 bits per heavy atom. The van der Waals surface area contributed by atoms with Gasteiger partial charge in [-0.3, -0.25) is 0 Å². The van der Waals surface area contributed by atoms with Crippen molar-refractivity contribution in [2.75, 3.05) is 0 Å². The monoisotopic (exact) mass is 762 g/mol. The summed E-state index contributed by atoms with van der Waals surface area (Å²) in [5.74, 6) is 1.53. The molecule has 2 heterocycles. The predicted octanol–water partition coefficient (Wildman–Crippen LogP) is 14.6. The van der Waals surface area contributed by atoms with E-state index in [1.54, 1.807) is 0 Å². The Morgan fingerprint density at radius 1 is 0.310 bits per heavy atom. The first kappa shape index (κ1) is 39.4. The lowest BCUT2D eigenvalue weighted by molar-refractivity contribution is 0.539. The van der Waals surface area contributed by atoms with E-state index in [-0.39, 0.29) is 21.7 Å². The highest BCUT2D eigenvalue weighted by Crippen LogP contribution is 2.49. The maximum atomic E-state index is 5.38. The molecule has 8 rings (SSSR count). The van der Waals surface area contributed by atoms with Gasteiger partial charge in [0.15, 0.2) is 11.6 Å². The summed E-state index contributed by atoms with van der Waals surface area (Å²) in [7, 11) is 0. The second kappa shape index (κ2) is 13.5. The molecule has 4 nitrogen and oxygen atoms in total. The summed E-state index contributed by atoms with van der Waals surface area (Å²) >= 11 is 0. The van der Waals surface area contributed by atoms with Gasteiger partial charge in [-0.25, -0.2) is 19.9 Å². The van der Waals surface area contributed by atoms with Crippen LogP contribution in [0.4, 0.5) is 0 Å². The fraction of sp³-hybridized carbons (Fsp3) is 0.333. The van der Waals surface area contributed by atoms with Gasteiger partial charge in [0.1, 0.15) is 0 Å². The normalized spacial score (nSPS) is 13.0. The Balaban J connectivity index is 1.61. The number of rotatable bonds is 4. The van der Waals surface area contributed by atoms with Crippen LogP contribution in [0.3, 0.4) is 0 Å². The van der Waals surface area contributed by atoms with E-state index < -0.39 is 0 Å². The van der Waals surface area contributed by atoms with Gasteiger partial charge in [0.2, 0.25) is 0 Å². The van der Waals surface area contributed by atoms with Gasteiger partial charge in [-0.1, -0.05) is 144 Å². The van der Waals surface area contributed by atoms with E-state index in [9.17, 15) is 0 Å². The van der Waals surface area contributed by atoms with E-state index in [1.165, 1.54) is 54.9 Å². The first-order valence-electron chi connectivity index (χ1n) is 20.8. The number of aromatic nitrogens is 4. The lowest BCUT2D eigenvalue weighted by Gasteiger charge is -2.26. The molecule has 4 heteroatoms. The summed E-state index contributed by atoms with van der Waals surface area (Å²) in [4.78, 5) is 21.5. The molecule has 0 saturated heterocycles. The van der Waals surface area contributed by atoms with Crippen LogP contribution in [0.15, 0.2) is 97.1 Å². The first-order valence-corrected chi connectivity index (χ1v) is 20.8.